The summed E-state index contributed by atoms with van der Waals surface area (Å²) in [4.78, 5) is 26.4. The van der Waals surface area contributed by atoms with E-state index in [1.54, 1.807) is 18.2 Å². The fourth-order valence-corrected chi connectivity index (χ4v) is 2.33. The van der Waals surface area contributed by atoms with E-state index in [1.165, 1.54) is 13.0 Å². The highest BCUT2D eigenvalue weighted by Crippen LogP contribution is 2.16. The molecule has 5 nitrogen and oxygen atoms in total. The Kier molecular flexibility index (Phi) is 6.61. The van der Waals surface area contributed by atoms with Crippen LogP contribution in [0.1, 0.15) is 22.8 Å². The van der Waals surface area contributed by atoms with E-state index >= 15 is 0 Å². The predicted molar refractivity (Wildman–Crippen MR) is 101 cm³/mol. The molecule has 0 heterocycles. The summed E-state index contributed by atoms with van der Waals surface area (Å²) >= 11 is 0. The van der Waals surface area contributed by atoms with Gasteiger partial charge in [0.05, 0.1) is 0 Å². The van der Waals surface area contributed by atoms with E-state index in [2.05, 4.69) is 0 Å². The molecule has 0 N–H and O–H groups in total. The maximum absolute atomic E-state index is 13.3. The standard InChI is InChI=1S/C21H18F2N2O3/c1-13(20(26)15-6-9-18(22)19(23)11-15)28-21(27)16(12-24)10-14-4-7-17(8-5-14)25(2)3/h4-11,13H,1-3H3/b16-10+/t13-/m0/s1. The molecular weight excluding hydrogens is 366 g/mol. The van der Waals surface area contributed by atoms with Crippen molar-refractivity contribution in [2.45, 2.75) is 13.0 Å². The van der Waals surface area contributed by atoms with Gasteiger partial charge in [-0.1, -0.05) is 12.1 Å². The number of rotatable bonds is 6. The van der Waals surface area contributed by atoms with Gasteiger partial charge < -0.3 is 9.64 Å². The number of esters is 1. The van der Waals surface area contributed by atoms with E-state index in [1.807, 2.05) is 31.1 Å². The van der Waals surface area contributed by atoms with Crippen LogP contribution in [-0.4, -0.2) is 32.0 Å². The molecule has 28 heavy (non-hydrogen) atoms. The molecule has 0 aliphatic heterocycles. The normalized spacial score (nSPS) is 12.1. The van der Waals surface area contributed by atoms with Crippen molar-refractivity contribution in [1.82, 2.24) is 0 Å². The lowest BCUT2D eigenvalue weighted by molar-refractivity contribution is -0.141. The number of carbonyl (C=O) groups excluding carboxylic acids is 2. The number of ether oxygens (including phenoxy) is 1. The van der Waals surface area contributed by atoms with Crippen LogP contribution in [0, 0.1) is 23.0 Å². The summed E-state index contributed by atoms with van der Waals surface area (Å²) in [7, 11) is 3.77. The predicted octanol–water partition coefficient (Wildman–Crippen LogP) is 3.75. The first-order chi connectivity index (χ1) is 13.2. The van der Waals surface area contributed by atoms with E-state index in [0.29, 0.717) is 5.56 Å². The van der Waals surface area contributed by atoms with Gasteiger partial charge in [0.1, 0.15) is 11.6 Å². The third kappa shape index (κ3) is 5.01. The second-order valence-corrected chi connectivity index (χ2v) is 6.20. The lowest BCUT2D eigenvalue weighted by Gasteiger charge is -2.13. The summed E-state index contributed by atoms with van der Waals surface area (Å²) in [5.74, 6) is -3.96. The van der Waals surface area contributed by atoms with Crippen molar-refractivity contribution in [3.63, 3.8) is 0 Å². The van der Waals surface area contributed by atoms with Gasteiger partial charge in [-0.3, -0.25) is 4.79 Å². The molecule has 0 aromatic heterocycles. The summed E-state index contributed by atoms with van der Waals surface area (Å²) in [6.07, 6.45) is 0.0708. The average molecular weight is 384 g/mol. The number of nitrogens with zero attached hydrogens (tertiary/aromatic N) is 2. The Morgan fingerprint density at radius 1 is 1.11 bits per heavy atom. The zero-order valence-electron chi connectivity index (χ0n) is 15.6. The van der Waals surface area contributed by atoms with Crippen molar-refractivity contribution in [2.24, 2.45) is 0 Å². The van der Waals surface area contributed by atoms with Crippen molar-refractivity contribution >= 4 is 23.5 Å². The molecule has 0 fully saturated rings. The number of Topliss-reactive ketones (excluding diaryl/α,β-unsaturated/α-hetero) is 1. The maximum Gasteiger partial charge on any atom is 0.349 e. The molecule has 2 aromatic carbocycles. The largest absolute Gasteiger partial charge is 0.450 e. The average Bonchev–Trinajstić information content (AvgIpc) is 2.67. The molecule has 144 valence electrons. The zero-order chi connectivity index (χ0) is 20.8. The second-order valence-electron chi connectivity index (χ2n) is 6.20. The number of hydrogen-bond acceptors (Lipinski definition) is 5. The first-order valence-corrected chi connectivity index (χ1v) is 8.32. The highest BCUT2D eigenvalue weighted by atomic mass is 19.2. The highest BCUT2D eigenvalue weighted by Gasteiger charge is 2.22. The first-order valence-electron chi connectivity index (χ1n) is 8.32. The number of ketones is 1. The van der Waals surface area contributed by atoms with Gasteiger partial charge in [-0.2, -0.15) is 5.26 Å². The van der Waals surface area contributed by atoms with E-state index in [9.17, 15) is 23.6 Å². The van der Waals surface area contributed by atoms with Crippen LogP contribution < -0.4 is 4.90 Å². The third-order valence-electron chi connectivity index (χ3n) is 3.92. The van der Waals surface area contributed by atoms with Gasteiger partial charge in [-0.05, 0) is 48.9 Å². The molecule has 0 unspecified atom stereocenters. The van der Waals surface area contributed by atoms with Crippen molar-refractivity contribution in [3.8, 4) is 6.07 Å². The Bertz CT molecular complexity index is 961. The van der Waals surface area contributed by atoms with E-state index < -0.39 is 29.5 Å². The minimum absolute atomic E-state index is 0.138. The van der Waals surface area contributed by atoms with Crippen molar-refractivity contribution in [3.05, 3.63) is 70.8 Å². The van der Waals surface area contributed by atoms with Gasteiger partial charge >= 0.3 is 5.97 Å². The van der Waals surface area contributed by atoms with Gasteiger partial charge in [0.25, 0.3) is 0 Å². The molecule has 0 saturated carbocycles. The van der Waals surface area contributed by atoms with Gasteiger partial charge in [0.15, 0.2) is 17.7 Å². The van der Waals surface area contributed by atoms with Gasteiger partial charge in [0.2, 0.25) is 5.78 Å². The second kappa shape index (κ2) is 8.91. The zero-order valence-corrected chi connectivity index (χ0v) is 15.6. The molecule has 0 aliphatic rings. The van der Waals surface area contributed by atoms with Crippen LogP contribution in [0.5, 0.6) is 0 Å². The van der Waals surface area contributed by atoms with Gasteiger partial charge in [-0.25, -0.2) is 13.6 Å². The Morgan fingerprint density at radius 2 is 1.75 bits per heavy atom. The fraction of sp³-hybridized carbons (Fsp3) is 0.190. The molecule has 0 saturated heterocycles. The first kappa shape index (κ1) is 20.8. The molecular formula is C21H18F2N2O3. The van der Waals surface area contributed by atoms with Crippen LogP contribution in [0.2, 0.25) is 0 Å². The van der Waals surface area contributed by atoms with Crippen molar-refractivity contribution in [2.75, 3.05) is 19.0 Å². The minimum Gasteiger partial charge on any atom is -0.450 e. The Balaban J connectivity index is 2.13. The molecule has 0 spiro atoms. The van der Waals surface area contributed by atoms with Crippen LogP contribution in [0.15, 0.2) is 48.0 Å². The lowest BCUT2D eigenvalue weighted by atomic mass is 10.1. The Morgan fingerprint density at radius 3 is 2.29 bits per heavy atom. The highest BCUT2D eigenvalue weighted by molar-refractivity contribution is 6.03. The summed E-state index contributed by atoms with van der Waals surface area (Å²) in [5, 5.41) is 9.23. The number of carbonyl (C=O) groups is 2. The Hall–Kier alpha value is -3.53. The van der Waals surface area contributed by atoms with Crippen LogP contribution in [0.3, 0.4) is 0 Å². The van der Waals surface area contributed by atoms with Crippen molar-refractivity contribution < 1.29 is 23.1 Å². The molecule has 0 radical (unpaired) electrons. The molecule has 7 heteroatoms. The number of benzene rings is 2. The topological polar surface area (TPSA) is 70.4 Å². The molecule has 0 aliphatic carbocycles. The quantitative estimate of drug-likeness (QED) is 0.328. The molecule has 2 rings (SSSR count). The van der Waals surface area contributed by atoms with Gasteiger partial charge in [0, 0.05) is 25.3 Å². The van der Waals surface area contributed by atoms with E-state index in [4.69, 9.17) is 4.74 Å². The van der Waals surface area contributed by atoms with Crippen LogP contribution >= 0.6 is 0 Å². The summed E-state index contributed by atoms with van der Waals surface area (Å²) in [6.45, 7) is 1.29. The monoisotopic (exact) mass is 384 g/mol. The van der Waals surface area contributed by atoms with Crippen LogP contribution in [-0.2, 0) is 9.53 Å². The fourth-order valence-electron chi connectivity index (χ4n) is 2.33. The molecule has 0 bridgehead atoms. The third-order valence-corrected chi connectivity index (χ3v) is 3.92. The smallest absolute Gasteiger partial charge is 0.349 e. The summed E-state index contributed by atoms with van der Waals surface area (Å²) in [5.41, 5.74) is 1.13. The molecule has 1 atom stereocenters. The molecule has 0 amide bonds. The maximum atomic E-state index is 13.3. The Labute approximate surface area is 161 Å². The number of anilines is 1. The number of halogens is 2. The SMILES string of the molecule is C[C@H](OC(=O)/C(C#N)=C/c1ccc(N(C)C)cc1)C(=O)c1ccc(F)c(F)c1. The molecule has 2 aromatic rings. The van der Waals surface area contributed by atoms with Crippen LogP contribution in [0.4, 0.5) is 14.5 Å². The van der Waals surface area contributed by atoms with E-state index in [-0.39, 0.29) is 11.1 Å². The van der Waals surface area contributed by atoms with Crippen LogP contribution in [0.25, 0.3) is 6.08 Å². The lowest BCUT2D eigenvalue weighted by Crippen LogP contribution is -2.25. The summed E-state index contributed by atoms with van der Waals surface area (Å²) in [6, 6.07) is 11.5. The van der Waals surface area contributed by atoms with Crippen molar-refractivity contribution in [1.29, 1.82) is 5.26 Å². The number of hydrogen-bond donors (Lipinski definition) is 0. The minimum atomic E-state index is -1.27. The number of nitriles is 1. The summed E-state index contributed by atoms with van der Waals surface area (Å²) < 4.78 is 31.3. The van der Waals surface area contributed by atoms with Gasteiger partial charge in [-0.15, -0.1) is 0 Å². The van der Waals surface area contributed by atoms with E-state index in [0.717, 1.165) is 23.9 Å².